The Morgan fingerprint density at radius 1 is 1.20 bits per heavy atom. The molecule has 1 saturated heterocycles. The smallest absolute Gasteiger partial charge is 0.374 e. The molecule has 13 heteroatoms. The third kappa shape index (κ3) is 3.59. The monoisotopic (exact) mass is 441 g/mol. The van der Waals surface area contributed by atoms with Crippen molar-refractivity contribution in [2.45, 2.75) is 31.0 Å². The van der Waals surface area contributed by atoms with E-state index in [2.05, 4.69) is 14.4 Å². The summed E-state index contributed by atoms with van der Waals surface area (Å²) >= 11 is 0. The lowest BCUT2D eigenvalue weighted by Gasteiger charge is -2.22. The normalized spacial score (nSPS) is 17.7. The van der Waals surface area contributed by atoms with Crippen molar-refractivity contribution in [2.75, 3.05) is 6.61 Å². The van der Waals surface area contributed by atoms with Crippen molar-refractivity contribution in [1.29, 1.82) is 5.26 Å². The first-order valence-electron chi connectivity index (χ1n) is 8.78. The van der Waals surface area contributed by atoms with Crippen LogP contribution in [0, 0.1) is 11.3 Å². The minimum Gasteiger partial charge on any atom is -0.374 e. The second-order valence-electron chi connectivity index (χ2n) is 6.57. The van der Waals surface area contributed by atoms with Crippen LogP contribution in [0.1, 0.15) is 31.1 Å². The van der Waals surface area contributed by atoms with Gasteiger partial charge in [0, 0.05) is 30.1 Å². The molecule has 1 unspecified atom stereocenters. The van der Waals surface area contributed by atoms with E-state index in [0.29, 0.717) is 17.7 Å². The van der Waals surface area contributed by atoms with E-state index in [-0.39, 0.29) is 17.3 Å². The number of fused-ring (bicyclic) bond motifs is 1. The highest BCUT2D eigenvalue weighted by Gasteiger charge is 2.49. The van der Waals surface area contributed by atoms with Gasteiger partial charge in [0.25, 0.3) is 0 Å². The molecular formula is C17H14F3N5O4S. The Balaban J connectivity index is 1.79. The van der Waals surface area contributed by atoms with Crippen molar-refractivity contribution in [2.24, 2.45) is 0 Å². The predicted octanol–water partition coefficient (Wildman–Crippen LogP) is 3.00. The third-order valence-electron chi connectivity index (χ3n) is 4.57. The van der Waals surface area contributed by atoms with Crippen LogP contribution >= 0.6 is 0 Å². The van der Waals surface area contributed by atoms with Gasteiger partial charge < -0.3 is 8.92 Å². The van der Waals surface area contributed by atoms with Gasteiger partial charge in [0.15, 0.2) is 5.75 Å². The van der Waals surface area contributed by atoms with Gasteiger partial charge in [-0.1, -0.05) is 0 Å². The van der Waals surface area contributed by atoms with Gasteiger partial charge in [-0.2, -0.15) is 37.0 Å². The average Bonchev–Trinajstić information content (AvgIpc) is 3.34. The molecular weight excluding hydrogens is 427 g/mol. The lowest BCUT2D eigenvalue weighted by atomic mass is 10.1. The van der Waals surface area contributed by atoms with Crippen molar-refractivity contribution in [1.82, 2.24) is 19.4 Å². The van der Waals surface area contributed by atoms with Gasteiger partial charge in [-0.25, -0.2) is 9.20 Å². The number of alkyl halides is 3. The fraction of sp³-hybridized carbons (Fsp3) is 0.353. The second-order valence-corrected chi connectivity index (χ2v) is 8.11. The van der Waals surface area contributed by atoms with Crippen molar-refractivity contribution in [3.05, 3.63) is 36.4 Å². The summed E-state index contributed by atoms with van der Waals surface area (Å²) in [5, 5.41) is 17.3. The molecule has 30 heavy (non-hydrogen) atoms. The first-order chi connectivity index (χ1) is 14.2. The molecule has 3 aromatic heterocycles. The minimum absolute atomic E-state index is 0.139. The van der Waals surface area contributed by atoms with Crippen molar-refractivity contribution in [3.8, 4) is 22.9 Å². The number of hydrogen-bond acceptors (Lipinski definition) is 7. The van der Waals surface area contributed by atoms with Gasteiger partial charge >= 0.3 is 15.6 Å². The molecule has 0 aromatic carbocycles. The Kier molecular flexibility index (Phi) is 4.91. The highest BCUT2D eigenvalue weighted by molar-refractivity contribution is 7.88. The maximum atomic E-state index is 12.8. The number of aromatic nitrogens is 4. The summed E-state index contributed by atoms with van der Waals surface area (Å²) in [6.07, 6.45) is 8.08. The molecule has 1 aliphatic rings. The average molecular weight is 441 g/mol. The van der Waals surface area contributed by atoms with E-state index in [1.54, 1.807) is 16.9 Å². The maximum absolute atomic E-state index is 12.8. The quantitative estimate of drug-likeness (QED) is 0.452. The largest absolute Gasteiger partial charge is 0.534 e. The van der Waals surface area contributed by atoms with Gasteiger partial charge in [0.1, 0.15) is 23.4 Å². The summed E-state index contributed by atoms with van der Waals surface area (Å²) in [7, 11) is -5.95. The van der Waals surface area contributed by atoms with Crippen molar-refractivity contribution in [3.63, 3.8) is 0 Å². The molecule has 1 aliphatic heterocycles. The highest BCUT2D eigenvalue weighted by atomic mass is 32.2. The van der Waals surface area contributed by atoms with E-state index in [1.165, 1.54) is 12.4 Å². The SMILES string of the molecule is N#Cc1cnn2cc(-c3cnn(C4CCCCO4)c3)cc(OS(=O)(=O)C(F)(F)F)c12. The van der Waals surface area contributed by atoms with Gasteiger partial charge in [-0.05, 0) is 25.3 Å². The van der Waals surface area contributed by atoms with Gasteiger partial charge in [-0.3, -0.25) is 0 Å². The number of ether oxygens (including phenoxy) is 1. The Hall–Kier alpha value is -3.11. The van der Waals surface area contributed by atoms with Crippen LogP contribution in [0.3, 0.4) is 0 Å². The van der Waals surface area contributed by atoms with Crippen LogP contribution in [0.25, 0.3) is 16.6 Å². The Morgan fingerprint density at radius 3 is 2.67 bits per heavy atom. The molecule has 3 aromatic rings. The summed E-state index contributed by atoms with van der Waals surface area (Å²) in [5.41, 5.74) is -5.19. The lowest BCUT2D eigenvalue weighted by molar-refractivity contribution is -0.0499. The van der Waals surface area contributed by atoms with Crippen LogP contribution in [-0.4, -0.2) is 39.9 Å². The van der Waals surface area contributed by atoms with Crippen LogP contribution in [0.15, 0.2) is 30.9 Å². The molecule has 0 N–H and O–H groups in total. The molecule has 0 radical (unpaired) electrons. The first-order valence-corrected chi connectivity index (χ1v) is 10.2. The van der Waals surface area contributed by atoms with E-state index in [9.17, 15) is 26.9 Å². The zero-order valence-electron chi connectivity index (χ0n) is 15.2. The number of rotatable bonds is 4. The van der Waals surface area contributed by atoms with E-state index in [1.807, 2.05) is 0 Å². The Morgan fingerprint density at radius 2 is 2.00 bits per heavy atom. The van der Waals surface area contributed by atoms with E-state index in [4.69, 9.17) is 4.74 Å². The predicted molar refractivity (Wildman–Crippen MR) is 95.6 cm³/mol. The minimum atomic E-state index is -5.95. The molecule has 0 spiro atoms. The molecule has 9 nitrogen and oxygen atoms in total. The molecule has 4 rings (SSSR count). The zero-order chi connectivity index (χ0) is 21.5. The molecule has 0 aliphatic carbocycles. The summed E-state index contributed by atoms with van der Waals surface area (Å²) in [5.74, 6) is -0.666. The summed E-state index contributed by atoms with van der Waals surface area (Å²) in [6, 6.07) is 2.85. The van der Waals surface area contributed by atoms with Gasteiger partial charge in [-0.15, -0.1) is 0 Å². The summed E-state index contributed by atoms with van der Waals surface area (Å²) in [6.45, 7) is 0.601. The van der Waals surface area contributed by atoms with Gasteiger partial charge in [0.05, 0.1) is 12.4 Å². The number of hydrogen-bond donors (Lipinski definition) is 0. The van der Waals surface area contributed by atoms with Gasteiger partial charge in [0.2, 0.25) is 0 Å². The number of halogens is 3. The van der Waals surface area contributed by atoms with Crippen LogP contribution in [0.2, 0.25) is 0 Å². The van der Waals surface area contributed by atoms with Crippen molar-refractivity contribution >= 4 is 15.6 Å². The third-order valence-corrected chi connectivity index (χ3v) is 5.53. The number of nitrogens with zero attached hydrogens (tertiary/aromatic N) is 5. The molecule has 0 bridgehead atoms. The molecule has 1 atom stereocenters. The van der Waals surface area contributed by atoms with Crippen molar-refractivity contribution < 1.29 is 30.5 Å². The molecule has 0 amide bonds. The van der Waals surface area contributed by atoms with E-state index in [0.717, 1.165) is 36.0 Å². The maximum Gasteiger partial charge on any atom is 0.534 e. The van der Waals surface area contributed by atoms with Crippen LogP contribution in [-0.2, 0) is 14.9 Å². The van der Waals surface area contributed by atoms with Crippen LogP contribution in [0.4, 0.5) is 13.2 Å². The van der Waals surface area contributed by atoms with Crippen LogP contribution < -0.4 is 4.18 Å². The molecule has 158 valence electrons. The fourth-order valence-electron chi connectivity index (χ4n) is 3.13. The Bertz CT molecular complexity index is 1240. The second kappa shape index (κ2) is 7.29. The number of pyridine rings is 1. The standard InChI is InChI=1S/C17H14F3N5O4S/c18-17(19,20)30(26,27)29-14-5-11(9-25-16(14)12(6-21)7-23-25)13-8-22-24(10-13)15-3-1-2-4-28-15/h5,7-10,15H,1-4H2. The molecule has 4 heterocycles. The summed E-state index contributed by atoms with van der Waals surface area (Å²) in [4.78, 5) is 0. The van der Waals surface area contributed by atoms with Crippen LogP contribution in [0.5, 0.6) is 5.75 Å². The highest BCUT2D eigenvalue weighted by Crippen LogP contribution is 2.34. The lowest BCUT2D eigenvalue weighted by Crippen LogP contribution is -2.28. The molecule has 0 saturated carbocycles. The fourth-order valence-corrected chi connectivity index (χ4v) is 3.59. The zero-order valence-corrected chi connectivity index (χ0v) is 16.0. The number of nitriles is 1. The topological polar surface area (TPSA) is 112 Å². The Labute approximate surface area is 168 Å². The first kappa shape index (κ1) is 20.2. The summed E-state index contributed by atoms with van der Waals surface area (Å²) < 4.78 is 74.3. The molecule has 1 fully saturated rings. The van der Waals surface area contributed by atoms with E-state index >= 15 is 0 Å². The van der Waals surface area contributed by atoms with E-state index < -0.39 is 21.4 Å².